The van der Waals surface area contributed by atoms with E-state index in [0.717, 1.165) is 12.2 Å². The van der Waals surface area contributed by atoms with Crippen LogP contribution in [0.3, 0.4) is 0 Å². The number of thioether (sulfide) groups is 1. The van der Waals surface area contributed by atoms with Gasteiger partial charge in [0.1, 0.15) is 13.4 Å². The first-order valence-electron chi connectivity index (χ1n) is 3.80. The van der Waals surface area contributed by atoms with E-state index in [-0.39, 0.29) is 11.6 Å². The van der Waals surface area contributed by atoms with Crippen LogP contribution in [0, 0.1) is 0 Å². The SMILES string of the molecule is [B][C@@H]1O[C@]2(COC)CS[C@@H]1C2. The summed E-state index contributed by atoms with van der Waals surface area (Å²) < 4.78 is 10.7. The molecule has 0 aromatic heterocycles. The molecule has 0 unspecified atom stereocenters. The molecule has 4 heteroatoms. The number of ether oxygens (including phenoxy) is 2. The third kappa shape index (κ3) is 1.21. The molecule has 2 fully saturated rings. The van der Waals surface area contributed by atoms with Crippen molar-refractivity contribution in [3.05, 3.63) is 0 Å². The fourth-order valence-electron chi connectivity index (χ4n) is 1.80. The summed E-state index contributed by atoms with van der Waals surface area (Å²) >= 11 is 1.91. The van der Waals surface area contributed by atoms with E-state index in [1.807, 2.05) is 11.8 Å². The molecule has 0 spiro atoms. The van der Waals surface area contributed by atoms with Crippen LogP contribution in [0.15, 0.2) is 0 Å². The predicted octanol–water partition coefficient (Wildman–Crippen LogP) is 0.402. The molecule has 2 nitrogen and oxygen atoms in total. The minimum Gasteiger partial charge on any atom is -0.382 e. The monoisotopic (exact) mass is 170 g/mol. The van der Waals surface area contributed by atoms with E-state index in [9.17, 15) is 0 Å². The van der Waals surface area contributed by atoms with Crippen LogP contribution in [-0.4, -0.2) is 44.2 Å². The average molecular weight is 170 g/mol. The first kappa shape index (κ1) is 7.96. The maximum atomic E-state index is 5.74. The topological polar surface area (TPSA) is 18.5 Å². The van der Waals surface area contributed by atoms with Gasteiger partial charge >= 0.3 is 0 Å². The molecular formula is C7H11BO2S. The first-order chi connectivity index (χ1) is 5.26. The number of hydrogen-bond donors (Lipinski definition) is 0. The summed E-state index contributed by atoms with van der Waals surface area (Å²) in [6, 6.07) is -0.0658. The molecule has 2 aliphatic rings. The van der Waals surface area contributed by atoms with Crippen LogP contribution in [0.5, 0.6) is 0 Å². The summed E-state index contributed by atoms with van der Waals surface area (Å²) in [7, 11) is 7.45. The molecule has 2 aliphatic heterocycles. The van der Waals surface area contributed by atoms with E-state index in [0.29, 0.717) is 11.9 Å². The van der Waals surface area contributed by atoms with Crippen LogP contribution < -0.4 is 0 Å². The van der Waals surface area contributed by atoms with Crippen LogP contribution >= 0.6 is 11.8 Å². The van der Waals surface area contributed by atoms with Gasteiger partial charge in [-0.25, -0.2) is 0 Å². The zero-order valence-corrected chi connectivity index (χ0v) is 7.39. The van der Waals surface area contributed by atoms with Crippen molar-refractivity contribution in [3.63, 3.8) is 0 Å². The molecule has 0 N–H and O–H groups in total. The molecule has 2 bridgehead atoms. The van der Waals surface area contributed by atoms with Crippen LogP contribution in [0.1, 0.15) is 6.42 Å². The van der Waals surface area contributed by atoms with Gasteiger partial charge in [0.15, 0.2) is 0 Å². The summed E-state index contributed by atoms with van der Waals surface area (Å²) in [5.41, 5.74) is -0.0521. The summed E-state index contributed by atoms with van der Waals surface area (Å²) in [4.78, 5) is 0. The van der Waals surface area contributed by atoms with Gasteiger partial charge in [-0.05, 0) is 6.42 Å². The molecule has 11 heavy (non-hydrogen) atoms. The second kappa shape index (κ2) is 2.68. The molecule has 0 amide bonds. The van der Waals surface area contributed by atoms with Gasteiger partial charge in [0, 0.05) is 24.1 Å². The standard InChI is InChI=1S/C7H11BO2S/c1-9-3-7-2-5(11-4-7)6(8)10-7/h5-6H,2-4H2,1H3/t5-,6-,7-/m1/s1. The Morgan fingerprint density at radius 2 is 2.64 bits per heavy atom. The lowest BCUT2D eigenvalue weighted by Crippen LogP contribution is -2.37. The zero-order valence-electron chi connectivity index (χ0n) is 6.58. The van der Waals surface area contributed by atoms with Crippen LogP contribution in [-0.2, 0) is 9.47 Å². The van der Waals surface area contributed by atoms with E-state index in [4.69, 9.17) is 17.3 Å². The number of rotatable bonds is 2. The molecule has 2 heterocycles. The van der Waals surface area contributed by atoms with Crippen LogP contribution in [0.4, 0.5) is 0 Å². The molecule has 0 aromatic carbocycles. The third-order valence-electron chi connectivity index (χ3n) is 2.29. The third-order valence-corrected chi connectivity index (χ3v) is 3.85. The van der Waals surface area contributed by atoms with Gasteiger partial charge in [-0.15, -0.1) is 0 Å². The van der Waals surface area contributed by atoms with E-state index in [1.54, 1.807) is 7.11 Å². The molecule has 2 rings (SSSR count). The van der Waals surface area contributed by atoms with Gasteiger partial charge in [-0.3, -0.25) is 0 Å². The quantitative estimate of drug-likeness (QED) is 0.559. The van der Waals surface area contributed by atoms with Gasteiger partial charge in [0.25, 0.3) is 0 Å². The average Bonchev–Trinajstić information content (AvgIpc) is 2.44. The maximum absolute atomic E-state index is 5.74. The highest BCUT2D eigenvalue weighted by Crippen LogP contribution is 2.46. The second-order valence-corrected chi connectivity index (χ2v) is 4.48. The summed E-state index contributed by atoms with van der Waals surface area (Å²) in [6.45, 7) is 0.685. The lowest BCUT2D eigenvalue weighted by atomic mass is 9.95. The Morgan fingerprint density at radius 1 is 1.82 bits per heavy atom. The molecule has 0 aromatic rings. The lowest BCUT2D eigenvalue weighted by molar-refractivity contribution is -0.0471. The fraction of sp³-hybridized carbons (Fsp3) is 1.00. The fourth-order valence-corrected chi connectivity index (χ4v) is 3.25. The van der Waals surface area contributed by atoms with Crippen molar-refractivity contribution in [1.82, 2.24) is 0 Å². The number of methoxy groups -OCH3 is 1. The van der Waals surface area contributed by atoms with E-state index < -0.39 is 0 Å². The lowest BCUT2D eigenvalue weighted by Gasteiger charge is -2.28. The highest BCUT2D eigenvalue weighted by molar-refractivity contribution is 8.00. The van der Waals surface area contributed by atoms with Gasteiger partial charge < -0.3 is 9.47 Å². The van der Waals surface area contributed by atoms with Crippen LogP contribution in [0.25, 0.3) is 0 Å². The van der Waals surface area contributed by atoms with E-state index >= 15 is 0 Å². The second-order valence-electron chi connectivity index (χ2n) is 3.25. The zero-order chi connectivity index (χ0) is 7.90. The summed E-state index contributed by atoms with van der Waals surface area (Å²) in [5.74, 6) is 1.04. The summed E-state index contributed by atoms with van der Waals surface area (Å²) in [5, 5.41) is 0.505. The van der Waals surface area contributed by atoms with Crippen molar-refractivity contribution in [3.8, 4) is 0 Å². The highest BCUT2D eigenvalue weighted by atomic mass is 32.2. The van der Waals surface area contributed by atoms with Crippen molar-refractivity contribution in [2.75, 3.05) is 19.5 Å². The Kier molecular flexibility index (Phi) is 1.94. The summed E-state index contributed by atoms with van der Waals surface area (Å²) in [6.07, 6.45) is 1.06. The smallest absolute Gasteiger partial charge is 0.110 e. The van der Waals surface area contributed by atoms with Crippen molar-refractivity contribution in [2.24, 2.45) is 0 Å². The minimum absolute atomic E-state index is 0.0521. The van der Waals surface area contributed by atoms with Crippen molar-refractivity contribution in [1.29, 1.82) is 0 Å². The molecular weight excluding hydrogens is 159 g/mol. The van der Waals surface area contributed by atoms with Crippen molar-refractivity contribution in [2.45, 2.75) is 23.3 Å². The first-order valence-corrected chi connectivity index (χ1v) is 4.85. The van der Waals surface area contributed by atoms with Gasteiger partial charge in [0.05, 0.1) is 6.61 Å². The van der Waals surface area contributed by atoms with Crippen molar-refractivity contribution >= 4 is 19.6 Å². The Morgan fingerprint density at radius 3 is 3.09 bits per heavy atom. The molecule has 0 aliphatic carbocycles. The van der Waals surface area contributed by atoms with E-state index in [1.165, 1.54) is 0 Å². The predicted molar refractivity (Wildman–Crippen MR) is 46.1 cm³/mol. The number of fused-ring (bicyclic) bond motifs is 2. The number of hydrogen-bond acceptors (Lipinski definition) is 3. The molecule has 3 atom stereocenters. The maximum Gasteiger partial charge on any atom is 0.110 e. The van der Waals surface area contributed by atoms with Gasteiger partial charge in [-0.1, -0.05) is 0 Å². The molecule has 2 saturated heterocycles. The molecule has 2 radical (unpaired) electrons. The van der Waals surface area contributed by atoms with E-state index in [2.05, 4.69) is 0 Å². The largest absolute Gasteiger partial charge is 0.382 e. The molecule has 60 valence electrons. The Bertz CT molecular complexity index is 163. The Balaban J connectivity index is 2.05. The van der Waals surface area contributed by atoms with Gasteiger partial charge in [0.2, 0.25) is 0 Å². The Labute approximate surface area is 72.4 Å². The molecule has 0 saturated carbocycles. The Hall–Kier alpha value is 0.335. The normalized spacial score (nSPS) is 48.5. The van der Waals surface area contributed by atoms with Crippen LogP contribution in [0.2, 0.25) is 0 Å². The highest BCUT2D eigenvalue weighted by Gasteiger charge is 2.50. The van der Waals surface area contributed by atoms with Crippen molar-refractivity contribution < 1.29 is 9.47 Å². The van der Waals surface area contributed by atoms with Gasteiger partial charge in [-0.2, -0.15) is 11.8 Å². The minimum atomic E-state index is -0.0658.